The van der Waals surface area contributed by atoms with E-state index >= 15 is 0 Å². The molecular formula is C12H20N6O2. The van der Waals surface area contributed by atoms with Gasteiger partial charge in [0.15, 0.2) is 0 Å². The molecule has 20 heavy (non-hydrogen) atoms. The molecule has 0 aromatic carbocycles. The van der Waals surface area contributed by atoms with Crippen molar-refractivity contribution >= 4 is 17.3 Å². The third kappa shape index (κ3) is 3.13. The van der Waals surface area contributed by atoms with Gasteiger partial charge in [0.1, 0.15) is 6.33 Å². The Balaban J connectivity index is 2.04. The summed E-state index contributed by atoms with van der Waals surface area (Å²) in [7, 11) is 1.61. The van der Waals surface area contributed by atoms with Gasteiger partial charge in [0, 0.05) is 20.1 Å². The molecule has 2 heterocycles. The zero-order chi connectivity index (χ0) is 14.5. The Labute approximate surface area is 117 Å². The lowest BCUT2D eigenvalue weighted by molar-refractivity contribution is -0.383. The van der Waals surface area contributed by atoms with Crippen LogP contribution in [0.2, 0.25) is 0 Å². The average Bonchev–Trinajstić information content (AvgIpc) is 2.92. The van der Waals surface area contributed by atoms with Gasteiger partial charge in [-0.2, -0.15) is 0 Å². The summed E-state index contributed by atoms with van der Waals surface area (Å²) >= 11 is 0. The highest BCUT2D eigenvalue weighted by molar-refractivity contribution is 5.68. The third-order valence-electron chi connectivity index (χ3n) is 3.62. The summed E-state index contributed by atoms with van der Waals surface area (Å²) in [5.74, 6) is 1.01. The topological polar surface area (TPSA) is 96.2 Å². The molecule has 0 aliphatic carbocycles. The summed E-state index contributed by atoms with van der Waals surface area (Å²) in [6.45, 7) is 6.01. The molecule has 110 valence electrons. The third-order valence-corrected chi connectivity index (χ3v) is 3.62. The Morgan fingerprint density at radius 2 is 2.25 bits per heavy atom. The van der Waals surface area contributed by atoms with E-state index in [1.165, 1.54) is 6.33 Å². The summed E-state index contributed by atoms with van der Waals surface area (Å²) < 4.78 is 0. The first-order valence-corrected chi connectivity index (χ1v) is 6.79. The monoisotopic (exact) mass is 280 g/mol. The maximum absolute atomic E-state index is 11.1. The summed E-state index contributed by atoms with van der Waals surface area (Å²) in [5.41, 5.74) is -0.0969. The van der Waals surface area contributed by atoms with Crippen LogP contribution in [0.1, 0.15) is 13.3 Å². The van der Waals surface area contributed by atoms with Crippen LogP contribution >= 0.6 is 0 Å². The highest BCUT2D eigenvalue weighted by Crippen LogP contribution is 2.28. The number of nitrogens with one attached hydrogen (secondary N) is 2. The van der Waals surface area contributed by atoms with Crippen molar-refractivity contribution in [1.29, 1.82) is 0 Å². The number of nitrogens with zero attached hydrogens (tertiary/aromatic N) is 4. The molecule has 1 aromatic rings. The molecule has 1 aliphatic heterocycles. The molecule has 8 heteroatoms. The van der Waals surface area contributed by atoms with Crippen LogP contribution in [-0.4, -0.2) is 53.0 Å². The minimum absolute atomic E-state index is 0.0969. The van der Waals surface area contributed by atoms with E-state index in [0.29, 0.717) is 12.5 Å². The molecule has 2 rings (SSSR count). The predicted molar refractivity (Wildman–Crippen MR) is 76.9 cm³/mol. The number of aromatic nitrogens is 2. The first kappa shape index (κ1) is 14.4. The Hall–Kier alpha value is -1.96. The molecule has 1 saturated heterocycles. The zero-order valence-corrected chi connectivity index (χ0v) is 11.8. The van der Waals surface area contributed by atoms with Crippen molar-refractivity contribution < 1.29 is 4.92 Å². The summed E-state index contributed by atoms with van der Waals surface area (Å²) in [5, 5.41) is 17.0. The van der Waals surface area contributed by atoms with Crippen LogP contribution in [0, 0.1) is 16.0 Å². The van der Waals surface area contributed by atoms with Crippen molar-refractivity contribution in [3.63, 3.8) is 0 Å². The van der Waals surface area contributed by atoms with Gasteiger partial charge >= 0.3 is 5.69 Å². The van der Waals surface area contributed by atoms with E-state index in [0.717, 1.165) is 26.1 Å². The van der Waals surface area contributed by atoms with Crippen LogP contribution in [0.25, 0.3) is 0 Å². The van der Waals surface area contributed by atoms with Crippen LogP contribution in [0.5, 0.6) is 0 Å². The number of likely N-dealkylation sites (tertiary alicyclic amines) is 1. The molecular weight excluding hydrogens is 260 g/mol. The van der Waals surface area contributed by atoms with Gasteiger partial charge in [0.2, 0.25) is 11.6 Å². The molecule has 1 fully saturated rings. The molecule has 0 radical (unpaired) electrons. The average molecular weight is 280 g/mol. The van der Waals surface area contributed by atoms with E-state index in [2.05, 4.69) is 32.4 Å². The number of anilines is 2. The Morgan fingerprint density at radius 3 is 2.85 bits per heavy atom. The van der Waals surface area contributed by atoms with E-state index in [9.17, 15) is 10.1 Å². The second kappa shape index (κ2) is 6.47. The first-order valence-electron chi connectivity index (χ1n) is 6.79. The van der Waals surface area contributed by atoms with Gasteiger partial charge in [0.05, 0.1) is 4.92 Å². The van der Waals surface area contributed by atoms with E-state index in [1.54, 1.807) is 7.05 Å². The van der Waals surface area contributed by atoms with Crippen LogP contribution in [-0.2, 0) is 0 Å². The van der Waals surface area contributed by atoms with Crippen molar-refractivity contribution in [2.24, 2.45) is 5.92 Å². The highest BCUT2D eigenvalue weighted by Gasteiger charge is 2.25. The predicted octanol–water partition coefficient (Wildman–Crippen LogP) is 1.18. The van der Waals surface area contributed by atoms with Crippen LogP contribution in [0.15, 0.2) is 6.33 Å². The maximum atomic E-state index is 11.1. The SMILES string of the molecule is CCN1CCC(CNc2ncnc(NC)c2[N+](=O)[O-])C1. The second-order valence-corrected chi connectivity index (χ2v) is 4.86. The smallest absolute Gasteiger partial charge is 0.353 e. The molecule has 2 N–H and O–H groups in total. The van der Waals surface area contributed by atoms with Gasteiger partial charge in [-0.05, 0) is 25.4 Å². The molecule has 1 unspecified atom stereocenters. The molecule has 1 aliphatic rings. The Bertz CT molecular complexity index is 481. The minimum Gasteiger partial charge on any atom is -0.367 e. The highest BCUT2D eigenvalue weighted by atomic mass is 16.6. The van der Waals surface area contributed by atoms with Crippen LogP contribution < -0.4 is 10.6 Å². The number of hydrogen-bond acceptors (Lipinski definition) is 7. The number of nitro groups is 1. The maximum Gasteiger partial charge on any atom is 0.353 e. The summed E-state index contributed by atoms with van der Waals surface area (Å²) in [4.78, 5) is 20.9. The fraction of sp³-hybridized carbons (Fsp3) is 0.667. The number of rotatable bonds is 6. The zero-order valence-electron chi connectivity index (χ0n) is 11.8. The van der Waals surface area contributed by atoms with E-state index < -0.39 is 4.92 Å². The molecule has 1 aromatic heterocycles. The quantitative estimate of drug-likeness (QED) is 0.596. The Morgan fingerprint density at radius 1 is 1.50 bits per heavy atom. The second-order valence-electron chi connectivity index (χ2n) is 4.86. The van der Waals surface area contributed by atoms with Gasteiger partial charge in [-0.3, -0.25) is 10.1 Å². The van der Waals surface area contributed by atoms with Crippen molar-refractivity contribution in [3.05, 3.63) is 16.4 Å². The van der Waals surface area contributed by atoms with Crippen LogP contribution in [0.3, 0.4) is 0 Å². The van der Waals surface area contributed by atoms with Gasteiger partial charge in [0.25, 0.3) is 0 Å². The summed E-state index contributed by atoms with van der Waals surface area (Å²) in [6.07, 6.45) is 2.44. The van der Waals surface area contributed by atoms with Gasteiger partial charge in [-0.25, -0.2) is 9.97 Å². The van der Waals surface area contributed by atoms with Gasteiger partial charge < -0.3 is 15.5 Å². The lowest BCUT2D eigenvalue weighted by Crippen LogP contribution is -2.23. The van der Waals surface area contributed by atoms with Crippen molar-refractivity contribution in [1.82, 2.24) is 14.9 Å². The Kier molecular flexibility index (Phi) is 4.67. The van der Waals surface area contributed by atoms with Gasteiger partial charge in [-0.1, -0.05) is 6.92 Å². The van der Waals surface area contributed by atoms with E-state index in [4.69, 9.17) is 0 Å². The van der Waals surface area contributed by atoms with E-state index in [1.807, 2.05) is 0 Å². The van der Waals surface area contributed by atoms with Gasteiger partial charge in [-0.15, -0.1) is 0 Å². The first-order chi connectivity index (χ1) is 9.65. The molecule has 0 amide bonds. The lowest BCUT2D eigenvalue weighted by atomic mass is 10.1. The molecule has 1 atom stereocenters. The molecule has 8 nitrogen and oxygen atoms in total. The van der Waals surface area contributed by atoms with Crippen molar-refractivity contribution in [3.8, 4) is 0 Å². The summed E-state index contributed by atoms with van der Waals surface area (Å²) in [6, 6.07) is 0. The van der Waals surface area contributed by atoms with Crippen molar-refractivity contribution in [2.75, 3.05) is 43.9 Å². The largest absolute Gasteiger partial charge is 0.367 e. The fourth-order valence-corrected chi connectivity index (χ4v) is 2.47. The molecule has 0 saturated carbocycles. The minimum atomic E-state index is -0.457. The normalized spacial score (nSPS) is 19.0. The standard InChI is InChI=1S/C12H20N6O2/c1-3-17-5-4-9(7-17)6-14-12-10(18(19)20)11(13-2)15-8-16-12/h8-9H,3-7H2,1-2H3,(H2,13,14,15,16). The molecule has 0 spiro atoms. The lowest BCUT2D eigenvalue weighted by Gasteiger charge is -2.14. The van der Waals surface area contributed by atoms with Crippen molar-refractivity contribution in [2.45, 2.75) is 13.3 Å². The number of hydrogen-bond donors (Lipinski definition) is 2. The fourth-order valence-electron chi connectivity index (χ4n) is 2.47. The molecule has 0 bridgehead atoms. The van der Waals surface area contributed by atoms with E-state index in [-0.39, 0.29) is 17.3 Å². The van der Waals surface area contributed by atoms with Crippen LogP contribution in [0.4, 0.5) is 17.3 Å².